The van der Waals surface area contributed by atoms with Crippen LogP contribution in [0.15, 0.2) is 24.3 Å². The Morgan fingerprint density at radius 1 is 1.22 bits per heavy atom. The molecular weight excluding hydrogens is 375 g/mol. The van der Waals surface area contributed by atoms with Gasteiger partial charge in [0.2, 0.25) is 0 Å². The van der Waals surface area contributed by atoms with Gasteiger partial charge in [-0.05, 0) is 25.5 Å². The summed E-state index contributed by atoms with van der Waals surface area (Å²) >= 11 is 0. The summed E-state index contributed by atoms with van der Waals surface area (Å²) in [5, 5.41) is 0. The molecule has 1 heterocycles. The largest absolute Gasteiger partial charge is 0.497 e. The zero-order valence-corrected chi connectivity index (χ0v) is 17.2. The fourth-order valence-corrected chi connectivity index (χ4v) is 3.46. The van der Waals surface area contributed by atoms with Gasteiger partial charge in [-0.3, -0.25) is 13.6 Å². The third-order valence-electron chi connectivity index (χ3n) is 4.03. The van der Waals surface area contributed by atoms with Gasteiger partial charge in [-0.25, -0.2) is 4.57 Å². The molecule has 4 atom stereocenters. The van der Waals surface area contributed by atoms with Gasteiger partial charge in [0.15, 0.2) is 6.29 Å². The van der Waals surface area contributed by atoms with Crippen molar-refractivity contribution in [2.75, 3.05) is 40.6 Å². The molecule has 0 aliphatic carbocycles. The fraction of sp³-hybridized carbons (Fsp3) is 0.667. The summed E-state index contributed by atoms with van der Waals surface area (Å²) in [6.45, 7) is 4.85. The first-order chi connectivity index (χ1) is 13.0. The summed E-state index contributed by atoms with van der Waals surface area (Å²) in [5.74, 6) is 0.780. The molecule has 0 amide bonds. The molecule has 0 radical (unpaired) electrons. The Hall–Kier alpha value is -0.990. The molecule has 27 heavy (non-hydrogen) atoms. The van der Waals surface area contributed by atoms with Crippen molar-refractivity contribution in [2.45, 2.75) is 38.8 Å². The number of hydrogen-bond donors (Lipinski definition) is 0. The number of phosphoric acid groups is 1. The van der Waals surface area contributed by atoms with Crippen molar-refractivity contribution in [3.8, 4) is 5.75 Å². The summed E-state index contributed by atoms with van der Waals surface area (Å²) in [6, 6.07) is 7.53. The van der Waals surface area contributed by atoms with E-state index in [0.29, 0.717) is 19.6 Å². The minimum absolute atomic E-state index is 0.0943. The highest BCUT2D eigenvalue weighted by molar-refractivity contribution is 7.48. The predicted molar refractivity (Wildman–Crippen MR) is 98.8 cm³/mol. The van der Waals surface area contributed by atoms with Crippen LogP contribution in [0.2, 0.25) is 0 Å². The molecule has 1 aromatic carbocycles. The molecule has 1 aliphatic heterocycles. The lowest BCUT2D eigenvalue weighted by molar-refractivity contribution is -0.0752. The highest BCUT2D eigenvalue weighted by Gasteiger charge is 2.29. The van der Waals surface area contributed by atoms with Crippen molar-refractivity contribution in [3.05, 3.63) is 29.8 Å². The van der Waals surface area contributed by atoms with Crippen LogP contribution in [0, 0.1) is 0 Å². The van der Waals surface area contributed by atoms with Crippen molar-refractivity contribution >= 4 is 7.82 Å². The molecule has 8 nitrogen and oxygen atoms in total. The van der Waals surface area contributed by atoms with Gasteiger partial charge in [-0.1, -0.05) is 19.1 Å². The Labute approximate surface area is 160 Å². The molecule has 4 unspecified atom stereocenters. The summed E-state index contributed by atoms with van der Waals surface area (Å²) in [4.78, 5) is 0. The quantitative estimate of drug-likeness (QED) is 0.385. The first-order valence-corrected chi connectivity index (χ1v) is 10.4. The van der Waals surface area contributed by atoms with Gasteiger partial charge in [0.1, 0.15) is 11.9 Å². The third-order valence-corrected chi connectivity index (χ3v) is 5.59. The van der Waals surface area contributed by atoms with E-state index in [0.717, 1.165) is 11.3 Å². The number of methoxy groups -OCH3 is 1. The van der Waals surface area contributed by atoms with E-state index in [4.69, 9.17) is 32.5 Å². The van der Waals surface area contributed by atoms with E-state index in [1.54, 1.807) is 7.11 Å². The van der Waals surface area contributed by atoms with E-state index in [1.165, 1.54) is 7.11 Å². The second-order valence-corrected chi connectivity index (χ2v) is 7.79. The molecule has 1 saturated heterocycles. The van der Waals surface area contributed by atoms with E-state index < -0.39 is 14.1 Å². The Bertz CT molecular complexity index is 594. The molecule has 1 fully saturated rings. The van der Waals surface area contributed by atoms with Crippen molar-refractivity contribution in [2.24, 2.45) is 0 Å². The van der Waals surface area contributed by atoms with Crippen LogP contribution in [0.1, 0.15) is 32.1 Å². The maximum Gasteiger partial charge on any atom is 0.474 e. The van der Waals surface area contributed by atoms with Gasteiger partial charge in [0.25, 0.3) is 0 Å². The average Bonchev–Trinajstić information content (AvgIpc) is 3.16. The minimum atomic E-state index is -3.54. The molecule has 1 aliphatic rings. The molecule has 1 aromatic rings. The van der Waals surface area contributed by atoms with Crippen LogP contribution in [0.5, 0.6) is 5.75 Å². The normalized spacial score (nSPS) is 23.1. The lowest BCUT2D eigenvalue weighted by atomic mass is 10.2. The second kappa shape index (κ2) is 11.1. The minimum Gasteiger partial charge on any atom is -0.497 e. The standard InChI is InChI=1S/C18H29O8P/c1-5-14(2)26-27(19,21-4)24-11-10-22-12-17-13-23-18(25-17)15-6-8-16(20-3)9-7-15/h6-9,14,17-18H,5,10-13H2,1-4H3. The van der Waals surface area contributed by atoms with Crippen LogP contribution in [-0.2, 0) is 32.3 Å². The second-order valence-electron chi connectivity index (χ2n) is 6.06. The van der Waals surface area contributed by atoms with E-state index in [1.807, 2.05) is 38.1 Å². The van der Waals surface area contributed by atoms with Crippen LogP contribution in [-0.4, -0.2) is 52.9 Å². The molecule has 154 valence electrons. The van der Waals surface area contributed by atoms with Crippen molar-refractivity contribution < 1.29 is 37.1 Å². The van der Waals surface area contributed by atoms with E-state index in [9.17, 15) is 4.57 Å². The highest BCUT2D eigenvalue weighted by Crippen LogP contribution is 2.49. The van der Waals surface area contributed by atoms with Crippen LogP contribution in [0.4, 0.5) is 0 Å². The number of rotatable bonds is 12. The molecule has 9 heteroatoms. The predicted octanol–water partition coefficient (Wildman–Crippen LogP) is 3.71. The Morgan fingerprint density at radius 2 is 1.96 bits per heavy atom. The summed E-state index contributed by atoms with van der Waals surface area (Å²) in [5.41, 5.74) is 0.921. The zero-order chi connectivity index (χ0) is 19.7. The number of hydrogen-bond acceptors (Lipinski definition) is 8. The summed E-state index contributed by atoms with van der Waals surface area (Å²) in [7, 11) is -0.621. The maximum atomic E-state index is 12.2. The smallest absolute Gasteiger partial charge is 0.474 e. The lowest BCUT2D eigenvalue weighted by Gasteiger charge is -2.19. The zero-order valence-electron chi connectivity index (χ0n) is 16.3. The molecular formula is C18H29O8P. The number of phosphoric ester groups is 1. The van der Waals surface area contributed by atoms with Crippen LogP contribution in [0.3, 0.4) is 0 Å². The van der Waals surface area contributed by atoms with Gasteiger partial charge in [0, 0.05) is 12.7 Å². The van der Waals surface area contributed by atoms with Gasteiger partial charge in [-0.15, -0.1) is 0 Å². The molecule has 0 bridgehead atoms. The van der Waals surface area contributed by atoms with Gasteiger partial charge in [0.05, 0.1) is 39.6 Å². The SMILES string of the molecule is CCC(C)OP(=O)(OC)OCCOCC1COC(c2ccc(OC)cc2)O1. The number of benzene rings is 1. The molecule has 2 rings (SSSR count). The lowest BCUT2D eigenvalue weighted by Crippen LogP contribution is -2.19. The van der Waals surface area contributed by atoms with Gasteiger partial charge in [-0.2, -0.15) is 0 Å². The van der Waals surface area contributed by atoms with Crippen LogP contribution >= 0.6 is 7.82 Å². The maximum absolute atomic E-state index is 12.2. The Kier molecular flexibility index (Phi) is 9.18. The monoisotopic (exact) mass is 404 g/mol. The topological polar surface area (TPSA) is 81.7 Å². The van der Waals surface area contributed by atoms with E-state index in [2.05, 4.69) is 0 Å². The van der Waals surface area contributed by atoms with Crippen LogP contribution < -0.4 is 4.74 Å². The van der Waals surface area contributed by atoms with Gasteiger partial charge >= 0.3 is 7.82 Å². The Balaban J connectivity index is 1.65. The third kappa shape index (κ3) is 7.16. The van der Waals surface area contributed by atoms with Crippen molar-refractivity contribution in [1.29, 1.82) is 0 Å². The summed E-state index contributed by atoms with van der Waals surface area (Å²) < 4.78 is 49.8. The highest BCUT2D eigenvalue weighted by atomic mass is 31.2. The molecule has 0 spiro atoms. The van der Waals surface area contributed by atoms with Crippen molar-refractivity contribution in [3.63, 3.8) is 0 Å². The number of ether oxygens (including phenoxy) is 4. The Morgan fingerprint density at radius 3 is 2.59 bits per heavy atom. The molecule has 0 saturated carbocycles. The first-order valence-electron chi connectivity index (χ1n) is 8.97. The summed E-state index contributed by atoms with van der Waals surface area (Å²) in [6.07, 6.45) is -0.0987. The van der Waals surface area contributed by atoms with E-state index in [-0.39, 0.29) is 25.4 Å². The first kappa shape index (κ1) is 22.3. The van der Waals surface area contributed by atoms with E-state index >= 15 is 0 Å². The van der Waals surface area contributed by atoms with Gasteiger partial charge < -0.3 is 18.9 Å². The molecule has 0 N–H and O–H groups in total. The van der Waals surface area contributed by atoms with Crippen molar-refractivity contribution in [1.82, 2.24) is 0 Å². The average molecular weight is 404 g/mol. The fourth-order valence-electron chi connectivity index (χ4n) is 2.32. The van der Waals surface area contributed by atoms with Crippen LogP contribution in [0.25, 0.3) is 0 Å². The molecule has 0 aromatic heterocycles.